The van der Waals surface area contributed by atoms with Crippen molar-refractivity contribution >= 4 is 19.6 Å². The minimum absolute atomic E-state index is 0.0692. The molecule has 3 rings (SSSR count). The zero-order valence-electron chi connectivity index (χ0n) is 20.5. The first kappa shape index (κ1) is 24.4. The molecular formula is C25H37N3O3Si. The maximum absolute atomic E-state index is 11.2. The number of aromatic nitrogens is 3. The van der Waals surface area contributed by atoms with E-state index >= 15 is 0 Å². The van der Waals surface area contributed by atoms with Crippen molar-refractivity contribution in [1.82, 2.24) is 15.0 Å². The van der Waals surface area contributed by atoms with Gasteiger partial charge < -0.3 is 14.0 Å². The van der Waals surface area contributed by atoms with Crippen molar-refractivity contribution in [3.05, 3.63) is 47.0 Å². The summed E-state index contributed by atoms with van der Waals surface area (Å²) in [5.41, 5.74) is 5.38. The predicted octanol–water partition coefficient (Wildman–Crippen LogP) is 5.81. The van der Waals surface area contributed by atoms with Crippen LogP contribution in [0.15, 0.2) is 30.3 Å². The first-order chi connectivity index (χ1) is 15.1. The summed E-state index contributed by atoms with van der Waals surface area (Å²) >= 11 is 0. The van der Waals surface area contributed by atoms with Gasteiger partial charge in [0.1, 0.15) is 22.5 Å². The van der Waals surface area contributed by atoms with Gasteiger partial charge in [-0.25, -0.2) is 0 Å². The Bertz CT molecular complexity index is 1070. The fourth-order valence-corrected chi connectivity index (χ4v) is 6.40. The standard InChI is InChI=1S/C25H37N3O3Si/c1-8-30-32(7,31-9-2)14-10-11-19-16-20(25(4,5)6)17-23(24(19)29)28-26-21-13-12-18(3)15-22(21)27-28/h12-13,15-17,29H,8-11,14H2,1-7H3. The third-order valence-corrected chi connectivity index (χ3v) is 8.82. The van der Waals surface area contributed by atoms with Gasteiger partial charge in [-0.1, -0.05) is 32.9 Å². The van der Waals surface area contributed by atoms with Gasteiger partial charge in [0.15, 0.2) is 0 Å². The second-order valence-corrected chi connectivity index (χ2v) is 12.9. The number of hydrogen-bond acceptors (Lipinski definition) is 5. The lowest BCUT2D eigenvalue weighted by atomic mass is 9.85. The average Bonchev–Trinajstić information content (AvgIpc) is 3.11. The van der Waals surface area contributed by atoms with Crippen LogP contribution in [0, 0.1) is 6.92 Å². The Morgan fingerprint density at radius 1 is 1.00 bits per heavy atom. The fourth-order valence-electron chi connectivity index (χ4n) is 3.98. The van der Waals surface area contributed by atoms with E-state index < -0.39 is 8.56 Å². The van der Waals surface area contributed by atoms with Crippen LogP contribution in [0.4, 0.5) is 0 Å². The average molecular weight is 456 g/mol. The van der Waals surface area contributed by atoms with Crippen LogP contribution in [0.5, 0.6) is 5.75 Å². The number of phenolic OH excluding ortho intramolecular Hbond substituents is 1. The van der Waals surface area contributed by atoms with E-state index in [1.165, 1.54) is 0 Å². The molecule has 0 atom stereocenters. The maximum Gasteiger partial charge on any atom is 0.334 e. The largest absolute Gasteiger partial charge is 0.505 e. The number of aromatic hydroxyl groups is 1. The number of phenols is 1. The van der Waals surface area contributed by atoms with E-state index in [2.05, 4.69) is 43.6 Å². The lowest BCUT2D eigenvalue weighted by molar-refractivity contribution is 0.188. The molecule has 6 nitrogen and oxygen atoms in total. The lowest BCUT2D eigenvalue weighted by Gasteiger charge is -2.26. The van der Waals surface area contributed by atoms with E-state index in [1.54, 1.807) is 4.80 Å². The fraction of sp³-hybridized carbons (Fsp3) is 0.520. The van der Waals surface area contributed by atoms with Crippen molar-refractivity contribution in [2.45, 2.75) is 72.4 Å². The molecule has 2 aromatic carbocycles. The van der Waals surface area contributed by atoms with E-state index in [1.807, 2.05) is 45.0 Å². The van der Waals surface area contributed by atoms with Crippen molar-refractivity contribution in [3.8, 4) is 11.4 Å². The van der Waals surface area contributed by atoms with Crippen LogP contribution in [0.3, 0.4) is 0 Å². The first-order valence-corrected chi connectivity index (χ1v) is 14.1. The summed E-state index contributed by atoms with van der Waals surface area (Å²) in [4.78, 5) is 1.57. The van der Waals surface area contributed by atoms with Crippen LogP contribution >= 0.6 is 0 Å². The molecule has 1 heterocycles. The highest BCUT2D eigenvalue weighted by molar-refractivity contribution is 6.66. The van der Waals surface area contributed by atoms with Gasteiger partial charge in [0.25, 0.3) is 0 Å². The number of nitrogens with zero attached hydrogens (tertiary/aromatic N) is 3. The summed E-state index contributed by atoms with van der Waals surface area (Å²) in [7, 11) is -2.19. The van der Waals surface area contributed by atoms with Crippen LogP contribution in [0.1, 0.15) is 57.7 Å². The quantitative estimate of drug-likeness (QED) is 0.412. The zero-order chi connectivity index (χ0) is 23.5. The number of aryl methyl sites for hydroxylation is 2. The van der Waals surface area contributed by atoms with Crippen molar-refractivity contribution in [2.75, 3.05) is 13.2 Å². The third-order valence-electron chi connectivity index (χ3n) is 5.76. The van der Waals surface area contributed by atoms with Gasteiger partial charge in [-0.2, -0.15) is 0 Å². The highest BCUT2D eigenvalue weighted by atomic mass is 28.4. The smallest absolute Gasteiger partial charge is 0.334 e. The summed E-state index contributed by atoms with van der Waals surface area (Å²) in [6, 6.07) is 11.0. The van der Waals surface area contributed by atoms with Crippen molar-refractivity contribution < 1.29 is 14.0 Å². The highest BCUT2D eigenvalue weighted by Crippen LogP contribution is 2.34. The first-order valence-electron chi connectivity index (χ1n) is 11.5. The molecule has 0 radical (unpaired) electrons. The minimum Gasteiger partial charge on any atom is -0.505 e. The summed E-state index contributed by atoms with van der Waals surface area (Å²) in [6.45, 7) is 16.0. The Morgan fingerprint density at radius 3 is 2.28 bits per heavy atom. The van der Waals surface area contributed by atoms with Crippen molar-refractivity contribution in [3.63, 3.8) is 0 Å². The van der Waals surface area contributed by atoms with Crippen molar-refractivity contribution in [2.24, 2.45) is 0 Å². The molecule has 0 aliphatic carbocycles. The Kier molecular flexibility index (Phi) is 7.42. The van der Waals surface area contributed by atoms with Gasteiger partial charge in [0.2, 0.25) is 0 Å². The summed E-state index contributed by atoms with van der Waals surface area (Å²) < 4.78 is 12.0. The van der Waals surface area contributed by atoms with Crippen molar-refractivity contribution in [1.29, 1.82) is 0 Å². The van der Waals surface area contributed by atoms with Gasteiger partial charge in [-0.3, -0.25) is 0 Å². The molecule has 0 saturated carbocycles. The number of hydrogen-bond donors (Lipinski definition) is 1. The topological polar surface area (TPSA) is 69.4 Å². The molecule has 0 fully saturated rings. The van der Waals surface area contributed by atoms with Gasteiger partial charge >= 0.3 is 8.56 Å². The molecule has 0 saturated heterocycles. The van der Waals surface area contributed by atoms with Gasteiger partial charge in [0, 0.05) is 13.2 Å². The molecule has 1 N–H and O–H groups in total. The van der Waals surface area contributed by atoms with E-state index in [9.17, 15) is 5.11 Å². The van der Waals surface area contributed by atoms with Crippen LogP contribution in [0.25, 0.3) is 16.7 Å². The third kappa shape index (κ3) is 5.57. The molecule has 0 bridgehead atoms. The second-order valence-electron chi connectivity index (χ2n) is 9.59. The SMILES string of the molecule is CCO[Si](C)(CCCc1cc(C(C)(C)C)cc(-n2nc3ccc(C)cc3n2)c1O)OCC. The Labute approximate surface area is 192 Å². The Balaban J connectivity index is 1.95. The zero-order valence-corrected chi connectivity index (χ0v) is 21.5. The minimum atomic E-state index is -2.19. The molecule has 0 aliphatic heterocycles. The van der Waals surface area contributed by atoms with E-state index in [4.69, 9.17) is 8.85 Å². The molecule has 0 aliphatic rings. The molecule has 0 spiro atoms. The van der Waals surface area contributed by atoms with Gasteiger partial charge in [-0.15, -0.1) is 15.0 Å². The van der Waals surface area contributed by atoms with E-state index in [-0.39, 0.29) is 11.2 Å². The summed E-state index contributed by atoms with van der Waals surface area (Å²) in [5, 5.41) is 20.5. The van der Waals surface area contributed by atoms with Crippen LogP contribution in [-0.4, -0.2) is 41.9 Å². The molecule has 174 valence electrons. The molecular weight excluding hydrogens is 418 g/mol. The summed E-state index contributed by atoms with van der Waals surface area (Å²) in [5.74, 6) is 0.242. The number of fused-ring (bicyclic) bond motifs is 1. The normalized spacial score (nSPS) is 12.6. The molecule has 0 unspecified atom stereocenters. The number of benzene rings is 2. The van der Waals surface area contributed by atoms with Crippen LogP contribution < -0.4 is 0 Å². The maximum atomic E-state index is 11.2. The molecule has 3 aromatic rings. The summed E-state index contributed by atoms with van der Waals surface area (Å²) in [6.07, 6.45) is 1.63. The molecule has 0 amide bonds. The number of rotatable bonds is 9. The monoisotopic (exact) mass is 455 g/mol. The van der Waals surface area contributed by atoms with E-state index in [0.29, 0.717) is 18.9 Å². The molecule has 7 heteroatoms. The van der Waals surface area contributed by atoms with Gasteiger partial charge in [0.05, 0.1) is 0 Å². The second kappa shape index (κ2) is 9.73. The van der Waals surface area contributed by atoms with Gasteiger partial charge in [-0.05, 0) is 86.5 Å². The molecule has 32 heavy (non-hydrogen) atoms. The highest BCUT2D eigenvalue weighted by Gasteiger charge is 2.30. The predicted molar refractivity (Wildman–Crippen MR) is 132 cm³/mol. The van der Waals surface area contributed by atoms with E-state index in [0.717, 1.165) is 46.6 Å². The molecule has 1 aromatic heterocycles. The Hall–Kier alpha value is -2.22. The van der Waals surface area contributed by atoms with Crippen LogP contribution in [0.2, 0.25) is 12.6 Å². The lowest BCUT2D eigenvalue weighted by Crippen LogP contribution is -2.38. The Morgan fingerprint density at radius 2 is 1.66 bits per heavy atom. The van der Waals surface area contributed by atoms with Crippen LogP contribution in [-0.2, 0) is 20.7 Å².